The number of guanidine groups is 1. The normalized spacial score (nSPS) is 17.4. The van der Waals surface area contributed by atoms with Crippen LogP contribution >= 0.6 is 0 Å². The van der Waals surface area contributed by atoms with Crippen LogP contribution < -0.4 is 15.4 Å². The number of hydrogen-bond donors (Lipinski definition) is 2. The molecule has 0 amide bonds. The zero-order valence-corrected chi connectivity index (χ0v) is 15.5. The first-order valence-corrected chi connectivity index (χ1v) is 9.76. The van der Waals surface area contributed by atoms with Crippen molar-refractivity contribution in [3.8, 4) is 5.75 Å². The van der Waals surface area contributed by atoms with Crippen molar-refractivity contribution in [1.82, 2.24) is 15.5 Å². The van der Waals surface area contributed by atoms with E-state index in [2.05, 4.69) is 38.7 Å². The van der Waals surface area contributed by atoms with Crippen molar-refractivity contribution in [3.63, 3.8) is 0 Å². The van der Waals surface area contributed by atoms with Gasteiger partial charge in [0.05, 0.1) is 6.61 Å². The number of nitrogens with zero attached hydrogens (tertiary/aromatic N) is 2. The fraction of sp³-hybridized carbons (Fsp3) is 0.650. The van der Waals surface area contributed by atoms with Gasteiger partial charge in [-0.15, -0.1) is 0 Å². The van der Waals surface area contributed by atoms with Crippen LogP contribution in [-0.2, 0) is 12.8 Å². The van der Waals surface area contributed by atoms with Gasteiger partial charge in [0.2, 0.25) is 0 Å². The molecule has 0 aliphatic carbocycles. The van der Waals surface area contributed by atoms with Gasteiger partial charge in [0.25, 0.3) is 0 Å². The average molecular weight is 345 g/mol. The molecular formula is C20H32N4O. The Hall–Kier alpha value is -1.75. The van der Waals surface area contributed by atoms with Crippen LogP contribution in [-0.4, -0.2) is 57.2 Å². The van der Waals surface area contributed by atoms with Crippen molar-refractivity contribution < 1.29 is 4.74 Å². The Morgan fingerprint density at radius 2 is 2.00 bits per heavy atom. The lowest BCUT2D eigenvalue weighted by Crippen LogP contribution is -2.38. The first-order valence-electron chi connectivity index (χ1n) is 9.76. The molecule has 138 valence electrons. The molecule has 0 radical (unpaired) electrons. The number of aliphatic imine (C=N–C) groups is 1. The highest BCUT2D eigenvalue weighted by molar-refractivity contribution is 5.79. The Balaban J connectivity index is 1.28. The molecule has 25 heavy (non-hydrogen) atoms. The molecule has 1 fully saturated rings. The molecule has 1 aromatic carbocycles. The summed E-state index contributed by atoms with van der Waals surface area (Å²) in [5.41, 5.74) is 2.70. The highest BCUT2D eigenvalue weighted by atomic mass is 16.5. The molecular weight excluding hydrogens is 312 g/mol. The quantitative estimate of drug-likeness (QED) is 0.431. The van der Waals surface area contributed by atoms with Gasteiger partial charge in [0.15, 0.2) is 5.96 Å². The van der Waals surface area contributed by atoms with Gasteiger partial charge in [-0.25, -0.2) is 0 Å². The summed E-state index contributed by atoms with van der Waals surface area (Å²) in [5.74, 6) is 1.97. The van der Waals surface area contributed by atoms with Gasteiger partial charge in [-0.3, -0.25) is 4.99 Å². The van der Waals surface area contributed by atoms with Crippen molar-refractivity contribution in [2.24, 2.45) is 4.99 Å². The number of fused-ring (bicyclic) bond motifs is 1. The van der Waals surface area contributed by atoms with Crippen molar-refractivity contribution in [1.29, 1.82) is 0 Å². The third-order valence-electron chi connectivity index (χ3n) is 5.08. The smallest absolute Gasteiger partial charge is 0.190 e. The molecule has 0 atom stereocenters. The van der Waals surface area contributed by atoms with Crippen molar-refractivity contribution in [2.45, 2.75) is 38.5 Å². The highest BCUT2D eigenvalue weighted by Gasteiger charge is 2.12. The molecule has 2 aliphatic rings. The molecule has 0 saturated carbocycles. The molecule has 0 bridgehead atoms. The summed E-state index contributed by atoms with van der Waals surface area (Å²) in [5, 5.41) is 6.84. The minimum Gasteiger partial charge on any atom is -0.493 e. The van der Waals surface area contributed by atoms with Crippen LogP contribution in [0, 0.1) is 0 Å². The SMILES string of the molecule is CN=C(NCCCCN1CCCC1)NCCc1ccc2c(c1)CCO2. The van der Waals surface area contributed by atoms with Crippen molar-refractivity contribution >= 4 is 5.96 Å². The van der Waals surface area contributed by atoms with Crippen molar-refractivity contribution in [3.05, 3.63) is 29.3 Å². The monoisotopic (exact) mass is 344 g/mol. The van der Waals surface area contributed by atoms with E-state index >= 15 is 0 Å². The predicted molar refractivity (Wildman–Crippen MR) is 104 cm³/mol. The summed E-state index contributed by atoms with van der Waals surface area (Å²) in [6.07, 6.45) is 7.27. The van der Waals surface area contributed by atoms with E-state index < -0.39 is 0 Å². The van der Waals surface area contributed by atoms with Gasteiger partial charge >= 0.3 is 0 Å². The van der Waals surface area contributed by atoms with Crippen LogP contribution in [0.1, 0.15) is 36.8 Å². The zero-order valence-electron chi connectivity index (χ0n) is 15.5. The Morgan fingerprint density at radius 3 is 2.84 bits per heavy atom. The molecule has 0 unspecified atom stereocenters. The summed E-state index contributed by atoms with van der Waals surface area (Å²) in [6, 6.07) is 6.55. The van der Waals surface area contributed by atoms with Gasteiger partial charge in [-0.2, -0.15) is 0 Å². The minimum atomic E-state index is 0.825. The molecule has 5 nitrogen and oxygen atoms in total. The topological polar surface area (TPSA) is 48.9 Å². The molecule has 3 rings (SSSR count). The minimum absolute atomic E-state index is 0.825. The lowest BCUT2D eigenvalue weighted by Gasteiger charge is -2.15. The molecule has 0 spiro atoms. The van der Waals surface area contributed by atoms with Crippen LogP contribution in [0.3, 0.4) is 0 Å². The third kappa shape index (κ3) is 5.63. The summed E-state index contributed by atoms with van der Waals surface area (Å²) >= 11 is 0. The Labute approximate surface area is 151 Å². The summed E-state index contributed by atoms with van der Waals surface area (Å²) in [4.78, 5) is 6.89. The van der Waals surface area contributed by atoms with Gasteiger partial charge in [-0.1, -0.05) is 12.1 Å². The molecule has 0 aromatic heterocycles. The Kier molecular flexibility index (Phi) is 6.98. The van der Waals surface area contributed by atoms with Crippen LogP contribution in [0.5, 0.6) is 5.75 Å². The van der Waals surface area contributed by atoms with E-state index in [1.807, 2.05) is 7.05 Å². The maximum atomic E-state index is 5.56. The lowest BCUT2D eigenvalue weighted by molar-refractivity contribution is 0.330. The first kappa shape index (κ1) is 18.1. The van der Waals surface area contributed by atoms with E-state index in [1.54, 1.807) is 0 Å². The second-order valence-electron chi connectivity index (χ2n) is 6.97. The zero-order chi connectivity index (χ0) is 17.3. The second kappa shape index (κ2) is 9.66. The molecule has 2 heterocycles. The maximum Gasteiger partial charge on any atom is 0.190 e. The third-order valence-corrected chi connectivity index (χ3v) is 5.08. The van der Waals surface area contributed by atoms with Gasteiger partial charge in [0, 0.05) is 26.6 Å². The van der Waals surface area contributed by atoms with Gasteiger partial charge in [-0.05, 0) is 68.9 Å². The van der Waals surface area contributed by atoms with E-state index in [4.69, 9.17) is 4.74 Å². The second-order valence-corrected chi connectivity index (χ2v) is 6.97. The fourth-order valence-electron chi connectivity index (χ4n) is 3.61. The summed E-state index contributed by atoms with van der Waals surface area (Å²) < 4.78 is 5.56. The van der Waals surface area contributed by atoms with Gasteiger partial charge < -0.3 is 20.3 Å². The molecule has 1 aromatic rings. The van der Waals surface area contributed by atoms with Crippen LogP contribution in [0.15, 0.2) is 23.2 Å². The number of benzene rings is 1. The van der Waals surface area contributed by atoms with E-state index in [9.17, 15) is 0 Å². The number of nitrogens with one attached hydrogen (secondary N) is 2. The number of unbranched alkanes of at least 4 members (excludes halogenated alkanes) is 1. The fourth-order valence-corrected chi connectivity index (χ4v) is 3.61. The van der Waals surface area contributed by atoms with Crippen LogP contribution in [0.2, 0.25) is 0 Å². The van der Waals surface area contributed by atoms with Crippen LogP contribution in [0.4, 0.5) is 0 Å². The molecule has 2 aliphatic heterocycles. The summed E-state index contributed by atoms with van der Waals surface area (Å²) in [6.45, 7) is 6.55. The van der Waals surface area contributed by atoms with Crippen molar-refractivity contribution in [2.75, 3.05) is 46.4 Å². The Morgan fingerprint density at radius 1 is 1.16 bits per heavy atom. The molecule has 2 N–H and O–H groups in total. The first-order chi connectivity index (χ1) is 12.3. The molecule has 1 saturated heterocycles. The Bertz CT molecular complexity index is 567. The number of likely N-dealkylation sites (tertiary alicyclic amines) is 1. The number of hydrogen-bond acceptors (Lipinski definition) is 3. The van der Waals surface area contributed by atoms with Gasteiger partial charge in [0.1, 0.15) is 5.75 Å². The molecule has 5 heteroatoms. The number of ether oxygens (including phenoxy) is 1. The van der Waals surface area contributed by atoms with E-state index in [1.165, 1.54) is 56.4 Å². The maximum absolute atomic E-state index is 5.56. The summed E-state index contributed by atoms with van der Waals surface area (Å²) in [7, 11) is 1.84. The largest absolute Gasteiger partial charge is 0.493 e. The standard InChI is InChI=1S/C20H32N4O/c1-21-20(22-10-2-3-12-24-13-4-5-14-24)23-11-8-17-6-7-19-18(16-17)9-15-25-19/h6-7,16H,2-5,8-15H2,1H3,(H2,21,22,23). The van der Waals surface area contributed by atoms with E-state index in [0.29, 0.717) is 0 Å². The van der Waals surface area contributed by atoms with E-state index in [-0.39, 0.29) is 0 Å². The predicted octanol–water partition coefficient (Wildman–Crippen LogP) is 2.21. The van der Waals surface area contributed by atoms with E-state index in [0.717, 1.165) is 44.2 Å². The average Bonchev–Trinajstić information content (AvgIpc) is 3.31. The number of rotatable bonds is 8. The van der Waals surface area contributed by atoms with Crippen LogP contribution in [0.25, 0.3) is 0 Å². The highest BCUT2D eigenvalue weighted by Crippen LogP contribution is 2.25. The lowest BCUT2D eigenvalue weighted by atomic mass is 10.1.